The van der Waals surface area contributed by atoms with Gasteiger partial charge in [-0.25, -0.2) is 9.97 Å². The van der Waals surface area contributed by atoms with E-state index in [4.69, 9.17) is 0 Å². The predicted molar refractivity (Wildman–Crippen MR) is 84.6 cm³/mol. The van der Waals surface area contributed by atoms with Gasteiger partial charge in [0.15, 0.2) is 0 Å². The molecule has 0 saturated carbocycles. The van der Waals surface area contributed by atoms with Crippen molar-refractivity contribution in [1.29, 1.82) is 0 Å². The van der Waals surface area contributed by atoms with Crippen molar-refractivity contribution in [3.63, 3.8) is 0 Å². The molecule has 1 amide bonds. The van der Waals surface area contributed by atoms with E-state index in [-0.39, 0.29) is 11.9 Å². The molecular formula is C16H20N4O. The third kappa shape index (κ3) is 4.02. The number of hydrogen-bond acceptors (Lipinski definition) is 4. The van der Waals surface area contributed by atoms with E-state index in [1.54, 1.807) is 6.20 Å². The molecule has 110 valence electrons. The van der Waals surface area contributed by atoms with Gasteiger partial charge in [0.25, 0.3) is 5.91 Å². The van der Waals surface area contributed by atoms with Crippen molar-refractivity contribution in [2.24, 2.45) is 0 Å². The number of para-hydroxylation sites is 1. The van der Waals surface area contributed by atoms with E-state index in [1.807, 2.05) is 38.1 Å². The molecule has 0 aliphatic heterocycles. The van der Waals surface area contributed by atoms with Crippen LogP contribution < -0.4 is 10.6 Å². The fraction of sp³-hybridized carbons (Fsp3) is 0.312. The molecular weight excluding hydrogens is 264 g/mol. The molecule has 0 spiro atoms. The number of nitrogens with zero attached hydrogens (tertiary/aromatic N) is 2. The molecule has 1 heterocycles. The molecule has 1 aromatic carbocycles. The number of carbonyl (C=O) groups is 1. The van der Waals surface area contributed by atoms with Crippen molar-refractivity contribution in [2.75, 3.05) is 10.6 Å². The summed E-state index contributed by atoms with van der Waals surface area (Å²) in [5, 5.41) is 6.01. The summed E-state index contributed by atoms with van der Waals surface area (Å²) in [6.07, 6.45) is 3.91. The Morgan fingerprint density at radius 2 is 1.95 bits per heavy atom. The summed E-state index contributed by atoms with van der Waals surface area (Å²) in [5.41, 5.74) is 2.21. The Bertz CT molecular complexity index is 608. The number of nitrogens with one attached hydrogen (secondary N) is 2. The van der Waals surface area contributed by atoms with Crippen LogP contribution in [-0.4, -0.2) is 21.9 Å². The van der Waals surface area contributed by atoms with Crippen molar-refractivity contribution in [3.05, 3.63) is 47.9 Å². The minimum atomic E-state index is -0.250. The molecule has 0 aliphatic carbocycles. The third-order valence-corrected chi connectivity index (χ3v) is 2.97. The molecule has 0 fully saturated rings. The fourth-order valence-corrected chi connectivity index (χ4v) is 1.95. The van der Waals surface area contributed by atoms with E-state index < -0.39 is 0 Å². The molecule has 0 saturated heterocycles. The SMILES string of the molecule is CCc1ccccc1NC(=O)c1cnc(NC(C)C)cn1. The standard InChI is InChI=1S/C16H20N4O/c1-4-12-7-5-6-8-13(12)20-16(21)14-9-18-15(10-17-14)19-11(2)3/h5-11H,4H2,1-3H3,(H,18,19)(H,20,21). The van der Waals surface area contributed by atoms with Crippen molar-refractivity contribution in [2.45, 2.75) is 33.2 Å². The minimum Gasteiger partial charge on any atom is -0.367 e. The molecule has 0 bridgehead atoms. The number of amides is 1. The van der Waals surface area contributed by atoms with E-state index in [0.29, 0.717) is 11.5 Å². The van der Waals surface area contributed by atoms with Gasteiger partial charge in [-0.15, -0.1) is 0 Å². The summed E-state index contributed by atoms with van der Waals surface area (Å²) < 4.78 is 0. The largest absolute Gasteiger partial charge is 0.367 e. The van der Waals surface area contributed by atoms with Gasteiger partial charge in [0.1, 0.15) is 11.5 Å². The van der Waals surface area contributed by atoms with Gasteiger partial charge in [-0.05, 0) is 31.9 Å². The van der Waals surface area contributed by atoms with Gasteiger partial charge in [0.05, 0.1) is 12.4 Å². The molecule has 2 aromatic rings. The molecule has 1 aromatic heterocycles. The normalized spacial score (nSPS) is 10.5. The van der Waals surface area contributed by atoms with Crippen molar-refractivity contribution >= 4 is 17.4 Å². The highest BCUT2D eigenvalue weighted by molar-refractivity contribution is 6.03. The van der Waals surface area contributed by atoms with Gasteiger partial charge in [-0.2, -0.15) is 0 Å². The highest BCUT2D eigenvalue weighted by Gasteiger charge is 2.10. The molecule has 2 N–H and O–H groups in total. The quantitative estimate of drug-likeness (QED) is 0.885. The first-order valence-electron chi connectivity index (χ1n) is 7.08. The third-order valence-electron chi connectivity index (χ3n) is 2.97. The first-order valence-corrected chi connectivity index (χ1v) is 7.08. The molecule has 0 atom stereocenters. The van der Waals surface area contributed by atoms with Crippen LogP contribution in [0.25, 0.3) is 0 Å². The van der Waals surface area contributed by atoms with Crippen LogP contribution in [0.15, 0.2) is 36.7 Å². The summed E-state index contributed by atoms with van der Waals surface area (Å²) in [7, 11) is 0. The number of hydrogen-bond donors (Lipinski definition) is 2. The number of aromatic nitrogens is 2. The van der Waals surface area contributed by atoms with Crippen LogP contribution in [0.5, 0.6) is 0 Å². The Hall–Kier alpha value is -2.43. The van der Waals surface area contributed by atoms with E-state index in [2.05, 4.69) is 27.5 Å². The number of aryl methyl sites for hydroxylation is 1. The smallest absolute Gasteiger partial charge is 0.275 e. The molecule has 2 rings (SSSR count). The Labute approximate surface area is 124 Å². The van der Waals surface area contributed by atoms with Gasteiger partial charge in [0, 0.05) is 11.7 Å². The number of carbonyl (C=O) groups excluding carboxylic acids is 1. The van der Waals surface area contributed by atoms with E-state index in [1.165, 1.54) is 6.20 Å². The molecule has 0 unspecified atom stereocenters. The Morgan fingerprint density at radius 3 is 2.57 bits per heavy atom. The summed E-state index contributed by atoms with van der Waals surface area (Å²) in [6.45, 7) is 6.09. The zero-order chi connectivity index (χ0) is 15.2. The van der Waals surface area contributed by atoms with Crippen molar-refractivity contribution < 1.29 is 4.79 Å². The zero-order valence-electron chi connectivity index (χ0n) is 12.6. The van der Waals surface area contributed by atoms with Crippen LogP contribution in [0.4, 0.5) is 11.5 Å². The maximum absolute atomic E-state index is 12.2. The molecule has 0 aliphatic rings. The van der Waals surface area contributed by atoms with Crippen LogP contribution in [-0.2, 0) is 6.42 Å². The van der Waals surface area contributed by atoms with Gasteiger partial charge in [0.2, 0.25) is 0 Å². The Morgan fingerprint density at radius 1 is 1.19 bits per heavy atom. The van der Waals surface area contributed by atoms with Crippen LogP contribution in [0.2, 0.25) is 0 Å². The molecule has 0 radical (unpaired) electrons. The molecule has 5 nitrogen and oxygen atoms in total. The van der Waals surface area contributed by atoms with Crippen LogP contribution >= 0.6 is 0 Å². The number of rotatable bonds is 5. The van der Waals surface area contributed by atoms with Gasteiger partial charge in [-0.1, -0.05) is 25.1 Å². The van der Waals surface area contributed by atoms with E-state index >= 15 is 0 Å². The summed E-state index contributed by atoms with van der Waals surface area (Å²) in [4.78, 5) is 20.5. The average Bonchev–Trinajstić information content (AvgIpc) is 2.48. The van der Waals surface area contributed by atoms with E-state index in [0.717, 1.165) is 17.7 Å². The van der Waals surface area contributed by atoms with Gasteiger partial charge in [-0.3, -0.25) is 4.79 Å². The highest BCUT2D eigenvalue weighted by Crippen LogP contribution is 2.16. The maximum atomic E-state index is 12.2. The second-order valence-electron chi connectivity index (χ2n) is 5.05. The lowest BCUT2D eigenvalue weighted by Crippen LogP contribution is -2.16. The maximum Gasteiger partial charge on any atom is 0.275 e. The monoisotopic (exact) mass is 284 g/mol. The van der Waals surface area contributed by atoms with Crippen LogP contribution in [0.1, 0.15) is 36.8 Å². The van der Waals surface area contributed by atoms with Crippen LogP contribution in [0.3, 0.4) is 0 Å². The van der Waals surface area contributed by atoms with Crippen molar-refractivity contribution in [3.8, 4) is 0 Å². The van der Waals surface area contributed by atoms with Crippen molar-refractivity contribution in [1.82, 2.24) is 9.97 Å². The summed E-state index contributed by atoms with van der Waals surface area (Å²) in [5.74, 6) is 0.412. The minimum absolute atomic E-state index is 0.250. The fourth-order valence-electron chi connectivity index (χ4n) is 1.95. The highest BCUT2D eigenvalue weighted by atomic mass is 16.1. The van der Waals surface area contributed by atoms with Crippen LogP contribution in [0, 0.1) is 0 Å². The second kappa shape index (κ2) is 6.83. The number of anilines is 2. The van der Waals surface area contributed by atoms with E-state index in [9.17, 15) is 4.79 Å². The lowest BCUT2D eigenvalue weighted by Gasteiger charge is -2.10. The van der Waals surface area contributed by atoms with Gasteiger partial charge >= 0.3 is 0 Å². The summed E-state index contributed by atoms with van der Waals surface area (Å²) in [6, 6.07) is 8.02. The lowest BCUT2D eigenvalue weighted by atomic mass is 10.1. The first kappa shape index (κ1) is 15.0. The molecule has 5 heteroatoms. The number of benzene rings is 1. The average molecular weight is 284 g/mol. The Balaban J connectivity index is 2.09. The zero-order valence-corrected chi connectivity index (χ0v) is 12.6. The van der Waals surface area contributed by atoms with Gasteiger partial charge < -0.3 is 10.6 Å². The lowest BCUT2D eigenvalue weighted by molar-refractivity contribution is 0.102. The topological polar surface area (TPSA) is 66.9 Å². The second-order valence-corrected chi connectivity index (χ2v) is 5.05. The first-order chi connectivity index (χ1) is 10.1. The predicted octanol–water partition coefficient (Wildman–Crippen LogP) is 3.11. The Kier molecular flexibility index (Phi) is 4.87. The molecule has 21 heavy (non-hydrogen) atoms. The summed E-state index contributed by atoms with van der Waals surface area (Å²) >= 11 is 0.